The molecule has 0 aromatic carbocycles. The largest absolute Gasteiger partial charge is 0.479 e. The highest BCUT2D eigenvalue weighted by molar-refractivity contribution is 5.72. The van der Waals surface area contributed by atoms with Gasteiger partial charge in [0.15, 0.2) is 6.10 Å². The number of hydrogen-bond donors (Lipinski definition) is 10. The summed E-state index contributed by atoms with van der Waals surface area (Å²) in [7, 11) is 0. The molecule has 0 radical (unpaired) electrons. The van der Waals surface area contributed by atoms with Crippen molar-refractivity contribution in [1.29, 1.82) is 0 Å². The van der Waals surface area contributed by atoms with Crippen LogP contribution in [0.5, 0.6) is 0 Å². The lowest BCUT2D eigenvalue weighted by atomic mass is 9.93. The predicted molar refractivity (Wildman–Crippen MR) is 62.8 cm³/mol. The maximum Gasteiger partial charge on any atom is 0.335 e. The maximum atomic E-state index is 10.4. The number of carboxylic acid groups (broad SMARTS) is 1. The number of aliphatic carboxylic acids is 1. The lowest BCUT2D eigenvalue weighted by molar-refractivity contribution is -0.186. The summed E-state index contributed by atoms with van der Waals surface area (Å²) in [6, 6.07) is 0. The average Bonchev–Trinajstić information content (AvgIpc) is 2.48. The van der Waals surface area contributed by atoms with Crippen LogP contribution in [0.2, 0.25) is 0 Å². The van der Waals surface area contributed by atoms with E-state index in [1.54, 1.807) is 0 Å². The number of rotatable bonds is 9. The van der Waals surface area contributed by atoms with Crippen LogP contribution >= 0.6 is 0 Å². The number of carboxylic acids is 1. The molecule has 0 bridgehead atoms. The molecule has 8 atom stereocenters. The van der Waals surface area contributed by atoms with Crippen LogP contribution in [0.4, 0.5) is 0 Å². The van der Waals surface area contributed by atoms with Gasteiger partial charge in [-0.3, -0.25) is 0 Å². The van der Waals surface area contributed by atoms with Gasteiger partial charge < -0.3 is 51.1 Å². The minimum absolute atomic E-state index is 0.968. The van der Waals surface area contributed by atoms with Gasteiger partial charge in [0, 0.05) is 0 Å². The molecule has 21 heavy (non-hydrogen) atoms. The van der Waals surface area contributed by atoms with E-state index in [0.29, 0.717) is 0 Å². The fourth-order valence-electron chi connectivity index (χ4n) is 1.48. The first-order valence-corrected chi connectivity index (χ1v) is 5.84. The van der Waals surface area contributed by atoms with Crippen molar-refractivity contribution in [3.8, 4) is 0 Å². The first-order chi connectivity index (χ1) is 9.56. The van der Waals surface area contributed by atoms with Crippen molar-refractivity contribution in [3.63, 3.8) is 0 Å². The molecule has 0 saturated heterocycles. The van der Waals surface area contributed by atoms with Crippen molar-refractivity contribution in [2.45, 2.75) is 48.8 Å². The van der Waals surface area contributed by atoms with Gasteiger partial charge in [0.05, 0.1) is 6.61 Å². The van der Waals surface area contributed by atoms with Gasteiger partial charge in [-0.05, 0) is 0 Å². The molecule has 11 nitrogen and oxygen atoms in total. The molecule has 0 rings (SSSR count). The molecule has 0 aliphatic carbocycles. The van der Waals surface area contributed by atoms with Gasteiger partial charge >= 0.3 is 5.97 Å². The smallest absolute Gasteiger partial charge is 0.335 e. The summed E-state index contributed by atoms with van der Waals surface area (Å²) in [6.07, 6.45) is -18.1. The van der Waals surface area contributed by atoms with Crippen molar-refractivity contribution < 1.29 is 55.9 Å². The lowest BCUT2D eigenvalue weighted by Crippen LogP contribution is -2.57. The van der Waals surface area contributed by atoms with Crippen molar-refractivity contribution >= 4 is 5.97 Å². The van der Waals surface area contributed by atoms with E-state index in [4.69, 9.17) is 20.4 Å². The Morgan fingerprint density at radius 1 is 0.667 bits per heavy atom. The molecule has 0 fully saturated rings. The summed E-state index contributed by atoms with van der Waals surface area (Å²) in [5.74, 6) is -1.90. The second kappa shape index (κ2) is 8.53. The first kappa shape index (κ1) is 20.1. The Labute approximate surface area is 118 Å². The van der Waals surface area contributed by atoms with Gasteiger partial charge in [-0.2, -0.15) is 0 Å². The van der Waals surface area contributed by atoms with Crippen LogP contribution < -0.4 is 0 Å². The van der Waals surface area contributed by atoms with Crippen LogP contribution in [0, 0.1) is 0 Å². The Kier molecular flexibility index (Phi) is 8.17. The molecule has 126 valence electrons. The molecule has 0 aliphatic heterocycles. The maximum absolute atomic E-state index is 10.4. The number of aliphatic hydroxyl groups is 9. The van der Waals surface area contributed by atoms with E-state index in [0.717, 1.165) is 0 Å². The minimum atomic E-state index is -2.47. The van der Waals surface area contributed by atoms with Crippen LogP contribution in [0.3, 0.4) is 0 Å². The molecule has 0 amide bonds. The molecule has 10 N–H and O–H groups in total. The van der Waals surface area contributed by atoms with Gasteiger partial charge in [0.1, 0.15) is 42.7 Å². The molecule has 0 spiro atoms. The Balaban J connectivity index is 4.82. The fraction of sp³-hybridized carbons (Fsp3) is 0.900. The lowest BCUT2D eigenvalue weighted by Gasteiger charge is -2.32. The topological polar surface area (TPSA) is 219 Å². The molecule has 0 heterocycles. The Hall–Kier alpha value is -0.890. The third kappa shape index (κ3) is 5.10. The van der Waals surface area contributed by atoms with Gasteiger partial charge in [0.2, 0.25) is 0 Å². The zero-order chi connectivity index (χ0) is 16.9. The monoisotopic (exact) mass is 316 g/mol. The van der Waals surface area contributed by atoms with E-state index in [2.05, 4.69) is 0 Å². The summed E-state index contributed by atoms with van der Waals surface area (Å²) in [5.41, 5.74) is 0. The standard InChI is InChI=1S/C10H20O11/c11-1-2(12)3(13)4(14)5(15)6(16)7(17)8(18)9(19)10(20)21/h2-9,11-19H,1H2,(H,20,21). The minimum Gasteiger partial charge on any atom is -0.479 e. The first-order valence-electron chi connectivity index (χ1n) is 5.84. The van der Waals surface area contributed by atoms with Crippen molar-refractivity contribution in [3.05, 3.63) is 0 Å². The van der Waals surface area contributed by atoms with E-state index in [9.17, 15) is 35.4 Å². The highest BCUT2D eigenvalue weighted by atomic mass is 16.4. The molecule has 0 saturated carbocycles. The number of hydrogen-bond acceptors (Lipinski definition) is 10. The van der Waals surface area contributed by atoms with Gasteiger partial charge in [-0.15, -0.1) is 0 Å². The number of aliphatic hydroxyl groups excluding tert-OH is 9. The summed E-state index contributed by atoms with van der Waals surface area (Å²) >= 11 is 0. The van der Waals surface area contributed by atoms with Gasteiger partial charge in [-0.1, -0.05) is 0 Å². The molecule has 0 aromatic heterocycles. The second-order valence-corrected chi connectivity index (χ2v) is 4.48. The third-order valence-corrected chi connectivity index (χ3v) is 2.91. The molecular formula is C10H20O11. The van der Waals surface area contributed by atoms with E-state index in [-0.39, 0.29) is 0 Å². The Bertz CT molecular complexity index is 324. The van der Waals surface area contributed by atoms with Crippen molar-refractivity contribution in [1.82, 2.24) is 0 Å². The molecule has 0 aromatic rings. The summed E-state index contributed by atoms with van der Waals surface area (Å²) < 4.78 is 0. The van der Waals surface area contributed by atoms with Crippen LogP contribution in [-0.4, -0.2) is 112 Å². The normalized spacial score (nSPS) is 23.5. The van der Waals surface area contributed by atoms with Crippen molar-refractivity contribution in [2.75, 3.05) is 6.61 Å². The van der Waals surface area contributed by atoms with E-state index < -0.39 is 61.4 Å². The van der Waals surface area contributed by atoms with Gasteiger partial charge in [-0.25, -0.2) is 4.79 Å². The SMILES string of the molecule is O=C(O)C(O)C(O)C(O)C(O)C(O)C(O)C(O)C(O)CO. The zero-order valence-electron chi connectivity index (χ0n) is 10.7. The fourth-order valence-corrected chi connectivity index (χ4v) is 1.48. The summed E-state index contributed by atoms with van der Waals surface area (Å²) in [6.45, 7) is -0.968. The van der Waals surface area contributed by atoms with Crippen LogP contribution in [0.25, 0.3) is 0 Å². The second-order valence-electron chi connectivity index (χ2n) is 4.48. The van der Waals surface area contributed by atoms with Crippen LogP contribution in [-0.2, 0) is 4.79 Å². The van der Waals surface area contributed by atoms with E-state index in [1.807, 2.05) is 0 Å². The summed E-state index contributed by atoms with van der Waals surface area (Å²) in [5, 5.41) is 91.4. The molecule has 11 heteroatoms. The predicted octanol–water partition coefficient (Wildman–Crippen LogP) is -6.05. The van der Waals surface area contributed by atoms with Crippen LogP contribution in [0.1, 0.15) is 0 Å². The highest BCUT2D eigenvalue weighted by Crippen LogP contribution is 2.14. The van der Waals surface area contributed by atoms with Crippen molar-refractivity contribution in [2.24, 2.45) is 0 Å². The highest BCUT2D eigenvalue weighted by Gasteiger charge is 2.41. The average molecular weight is 316 g/mol. The Morgan fingerprint density at radius 2 is 1.00 bits per heavy atom. The van der Waals surface area contributed by atoms with E-state index >= 15 is 0 Å². The molecule has 0 aliphatic rings. The third-order valence-electron chi connectivity index (χ3n) is 2.91. The quantitative estimate of drug-likeness (QED) is 0.193. The number of carbonyl (C=O) groups is 1. The molecule has 8 unspecified atom stereocenters. The van der Waals surface area contributed by atoms with Gasteiger partial charge in [0.25, 0.3) is 0 Å². The summed E-state index contributed by atoms with van der Waals surface area (Å²) in [4.78, 5) is 10.4. The zero-order valence-corrected chi connectivity index (χ0v) is 10.7. The Morgan fingerprint density at radius 3 is 1.33 bits per heavy atom. The van der Waals surface area contributed by atoms with Crippen LogP contribution in [0.15, 0.2) is 0 Å². The van der Waals surface area contributed by atoms with E-state index in [1.165, 1.54) is 0 Å². The molecular weight excluding hydrogens is 296 g/mol.